The van der Waals surface area contributed by atoms with Crippen molar-refractivity contribution < 1.29 is 14.3 Å². The van der Waals surface area contributed by atoms with Gasteiger partial charge in [-0.15, -0.1) is 0 Å². The lowest BCUT2D eigenvalue weighted by Crippen LogP contribution is -2.48. The first-order valence-electron chi connectivity index (χ1n) is 6.43. The van der Waals surface area contributed by atoms with Gasteiger partial charge in [0.2, 0.25) is 0 Å². The van der Waals surface area contributed by atoms with E-state index in [0.29, 0.717) is 18.5 Å². The zero-order valence-electron chi connectivity index (χ0n) is 11.5. The van der Waals surface area contributed by atoms with E-state index >= 15 is 0 Å². The molecule has 6 nitrogen and oxygen atoms in total. The molecule has 0 bridgehead atoms. The second kappa shape index (κ2) is 5.42. The van der Waals surface area contributed by atoms with Gasteiger partial charge in [0.1, 0.15) is 6.04 Å². The number of carbonyl (C=O) groups excluding carboxylic acids is 2. The molecule has 0 unspecified atom stereocenters. The van der Waals surface area contributed by atoms with Crippen LogP contribution in [-0.4, -0.2) is 46.3 Å². The first-order valence-corrected chi connectivity index (χ1v) is 6.43. The fraction of sp³-hybridized carbons (Fsp3) is 0.615. The molecule has 1 fully saturated rings. The topological polar surface area (TPSA) is 64.4 Å². The van der Waals surface area contributed by atoms with Crippen molar-refractivity contribution in [2.75, 3.05) is 13.7 Å². The number of methoxy groups -OCH3 is 1. The lowest BCUT2D eigenvalue weighted by molar-refractivity contribution is -0.147. The minimum Gasteiger partial charge on any atom is -0.467 e. The van der Waals surface area contributed by atoms with Gasteiger partial charge >= 0.3 is 5.97 Å². The first-order chi connectivity index (χ1) is 9.06. The Balaban J connectivity index is 2.25. The summed E-state index contributed by atoms with van der Waals surface area (Å²) in [5.41, 5.74) is 1.36. The van der Waals surface area contributed by atoms with Crippen LogP contribution in [0.15, 0.2) is 6.20 Å². The van der Waals surface area contributed by atoms with Gasteiger partial charge in [-0.05, 0) is 26.2 Å². The van der Waals surface area contributed by atoms with E-state index in [-0.39, 0.29) is 11.9 Å². The molecule has 0 N–H and O–H groups in total. The molecule has 104 valence electrons. The average Bonchev–Trinajstić information content (AvgIpc) is 2.77. The average molecular weight is 265 g/mol. The summed E-state index contributed by atoms with van der Waals surface area (Å²) < 4.78 is 6.44. The molecule has 2 heterocycles. The number of aryl methyl sites for hydroxylation is 1. The summed E-state index contributed by atoms with van der Waals surface area (Å²) in [6, 6.07) is -0.467. The molecule has 1 aromatic heterocycles. The van der Waals surface area contributed by atoms with Gasteiger partial charge in [-0.25, -0.2) is 4.79 Å². The minimum atomic E-state index is -0.467. The summed E-state index contributed by atoms with van der Waals surface area (Å²) in [4.78, 5) is 25.9. The van der Waals surface area contributed by atoms with Crippen LogP contribution in [0.3, 0.4) is 0 Å². The number of rotatable bonds is 2. The molecule has 0 saturated carbocycles. The summed E-state index contributed by atoms with van der Waals surface area (Å²) >= 11 is 0. The molecule has 0 aromatic carbocycles. The molecule has 0 aliphatic carbocycles. The molecule has 0 spiro atoms. The maximum atomic E-state index is 12.5. The Labute approximate surface area is 112 Å². The highest BCUT2D eigenvalue weighted by Crippen LogP contribution is 2.21. The van der Waals surface area contributed by atoms with Crippen LogP contribution in [0.5, 0.6) is 0 Å². The Morgan fingerprint density at radius 1 is 1.42 bits per heavy atom. The Kier molecular flexibility index (Phi) is 3.87. The minimum absolute atomic E-state index is 0.138. The van der Waals surface area contributed by atoms with E-state index in [4.69, 9.17) is 4.74 Å². The number of hydrogen-bond acceptors (Lipinski definition) is 4. The number of ether oxygens (including phenoxy) is 1. The van der Waals surface area contributed by atoms with Gasteiger partial charge in [-0.3, -0.25) is 9.48 Å². The smallest absolute Gasteiger partial charge is 0.328 e. The number of piperidine rings is 1. The molecule has 1 aromatic rings. The van der Waals surface area contributed by atoms with Crippen molar-refractivity contribution in [2.45, 2.75) is 32.2 Å². The molecule has 1 saturated heterocycles. The van der Waals surface area contributed by atoms with E-state index in [1.54, 1.807) is 22.8 Å². The van der Waals surface area contributed by atoms with E-state index in [1.807, 2.05) is 6.92 Å². The fourth-order valence-corrected chi connectivity index (χ4v) is 2.42. The maximum absolute atomic E-state index is 12.5. The lowest BCUT2D eigenvalue weighted by Gasteiger charge is -2.33. The Morgan fingerprint density at radius 3 is 2.74 bits per heavy atom. The quantitative estimate of drug-likeness (QED) is 0.745. The summed E-state index contributed by atoms with van der Waals surface area (Å²) in [5.74, 6) is -0.477. The molecule has 2 rings (SSSR count). The predicted octanol–water partition coefficient (Wildman–Crippen LogP) is 0.896. The standard InChI is InChI=1S/C13H19N3O3/c1-9-10(8-14-15(9)2)12(17)16-7-5-4-6-11(16)13(18)19-3/h8,11H,4-7H2,1-3H3/t11-/m0/s1. The molecule has 1 aliphatic heterocycles. The predicted molar refractivity (Wildman–Crippen MR) is 68.6 cm³/mol. The van der Waals surface area contributed by atoms with Crippen LogP contribution in [0, 0.1) is 6.92 Å². The maximum Gasteiger partial charge on any atom is 0.328 e. The Hall–Kier alpha value is -1.85. The number of nitrogens with zero attached hydrogens (tertiary/aromatic N) is 3. The number of esters is 1. The van der Waals surface area contributed by atoms with Crippen LogP contribution in [-0.2, 0) is 16.6 Å². The third kappa shape index (κ3) is 2.47. The van der Waals surface area contributed by atoms with Crippen LogP contribution < -0.4 is 0 Å². The van der Waals surface area contributed by atoms with E-state index in [2.05, 4.69) is 5.10 Å². The van der Waals surface area contributed by atoms with Crippen molar-refractivity contribution in [2.24, 2.45) is 7.05 Å². The third-order valence-electron chi connectivity index (χ3n) is 3.70. The van der Waals surface area contributed by atoms with Crippen LogP contribution in [0.4, 0.5) is 0 Å². The van der Waals surface area contributed by atoms with Crippen molar-refractivity contribution in [3.05, 3.63) is 17.5 Å². The highest BCUT2D eigenvalue weighted by atomic mass is 16.5. The fourth-order valence-electron chi connectivity index (χ4n) is 2.42. The molecule has 1 atom stereocenters. The monoisotopic (exact) mass is 265 g/mol. The lowest BCUT2D eigenvalue weighted by atomic mass is 10.0. The highest BCUT2D eigenvalue weighted by Gasteiger charge is 2.34. The molecule has 0 radical (unpaired) electrons. The zero-order chi connectivity index (χ0) is 14.0. The normalized spacial score (nSPS) is 19.3. The molecule has 19 heavy (non-hydrogen) atoms. The summed E-state index contributed by atoms with van der Waals surface area (Å²) in [6.45, 7) is 2.43. The van der Waals surface area contributed by atoms with Crippen LogP contribution >= 0.6 is 0 Å². The first kappa shape index (κ1) is 13.6. The summed E-state index contributed by atoms with van der Waals surface area (Å²) in [5, 5.41) is 4.08. The molecule has 1 amide bonds. The van der Waals surface area contributed by atoms with Gasteiger partial charge in [-0.2, -0.15) is 5.10 Å². The molecular formula is C13H19N3O3. The second-order valence-corrected chi connectivity index (χ2v) is 4.80. The van der Waals surface area contributed by atoms with Crippen LogP contribution in [0.2, 0.25) is 0 Å². The van der Waals surface area contributed by atoms with Crippen LogP contribution in [0.1, 0.15) is 35.3 Å². The Bertz CT molecular complexity index is 495. The van der Waals surface area contributed by atoms with Gasteiger partial charge in [0.05, 0.1) is 18.9 Å². The van der Waals surface area contributed by atoms with Crippen molar-refractivity contribution in [3.63, 3.8) is 0 Å². The largest absolute Gasteiger partial charge is 0.467 e. The van der Waals surface area contributed by atoms with Crippen molar-refractivity contribution in [1.82, 2.24) is 14.7 Å². The second-order valence-electron chi connectivity index (χ2n) is 4.80. The number of aromatic nitrogens is 2. The summed E-state index contributed by atoms with van der Waals surface area (Å²) in [6.07, 6.45) is 4.08. The number of hydrogen-bond donors (Lipinski definition) is 0. The number of likely N-dealkylation sites (tertiary alicyclic amines) is 1. The zero-order valence-corrected chi connectivity index (χ0v) is 11.5. The van der Waals surface area contributed by atoms with Gasteiger partial charge in [0.15, 0.2) is 0 Å². The van der Waals surface area contributed by atoms with E-state index in [0.717, 1.165) is 18.5 Å². The van der Waals surface area contributed by atoms with Gasteiger partial charge in [0, 0.05) is 19.3 Å². The summed E-state index contributed by atoms with van der Waals surface area (Å²) in [7, 11) is 3.15. The van der Waals surface area contributed by atoms with Gasteiger partial charge < -0.3 is 9.64 Å². The Morgan fingerprint density at radius 2 is 2.16 bits per heavy atom. The van der Waals surface area contributed by atoms with Gasteiger partial charge in [0.25, 0.3) is 5.91 Å². The molecule has 6 heteroatoms. The van der Waals surface area contributed by atoms with Crippen molar-refractivity contribution in [3.8, 4) is 0 Å². The van der Waals surface area contributed by atoms with Gasteiger partial charge in [-0.1, -0.05) is 0 Å². The molecule has 1 aliphatic rings. The SMILES string of the molecule is COC(=O)[C@@H]1CCCCN1C(=O)c1cnn(C)c1C. The van der Waals surface area contributed by atoms with Crippen LogP contribution in [0.25, 0.3) is 0 Å². The highest BCUT2D eigenvalue weighted by molar-refractivity contribution is 5.97. The number of carbonyl (C=O) groups is 2. The van der Waals surface area contributed by atoms with E-state index in [1.165, 1.54) is 7.11 Å². The third-order valence-corrected chi connectivity index (χ3v) is 3.70. The number of amides is 1. The molecular weight excluding hydrogens is 246 g/mol. The van der Waals surface area contributed by atoms with E-state index in [9.17, 15) is 9.59 Å². The van der Waals surface area contributed by atoms with Crippen molar-refractivity contribution in [1.29, 1.82) is 0 Å². The van der Waals surface area contributed by atoms with Crippen molar-refractivity contribution >= 4 is 11.9 Å². The van der Waals surface area contributed by atoms with E-state index < -0.39 is 6.04 Å².